The van der Waals surface area contributed by atoms with Crippen molar-refractivity contribution in [3.05, 3.63) is 40.7 Å². The zero-order chi connectivity index (χ0) is 16.1. The van der Waals surface area contributed by atoms with E-state index < -0.39 is 6.04 Å². The number of hydrogen-bond acceptors (Lipinski definition) is 5. The summed E-state index contributed by atoms with van der Waals surface area (Å²) in [6.45, 7) is 3.75. The normalized spacial score (nSPS) is 11.4. The fourth-order valence-electron chi connectivity index (χ4n) is 1.85. The minimum absolute atomic E-state index is 0. The van der Waals surface area contributed by atoms with Gasteiger partial charge in [-0.1, -0.05) is 19.9 Å². The van der Waals surface area contributed by atoms with E-state index in [0.29, 0.717) is 16.4 Å². The van der Waals surface area contributed by atoms with Gasteiger partial charge in [0.25, 0.3) is 5.91 Å². The molecule has 0 fully saturated rings. The number of nitrogens with two attached hydrogens (primary N) is 1. The fraction of sp³-hybridized carbons (Fsp3) is 0.267. The molecule has 4 N–H and O–H groups in total. The first kappa shape index (κ1) is 18.9. The molecule has 124 valence electrons. The van der Waals surface area contributed by atoms with Gasteiger partial charge < -0.3 is 16.4 Å². The summed E-state index contributed by atoms with van der Waals surface area (Å²) < 4.78 is 0. The highest BCUT2D eigenvalue weighted by Gasteiger charge is 2.25. The Bertz CT molecular complexity index is 644. The molecule has 2 aromatic rings. The Balaban J connectivity index is 0.00000264. The number of rotatable bonds is 5. The molecule has 2 amide bonds. The van der Waals surface area contributed by atoms with Crippen molar-refractivity contribution in [3.8, 4) is 0 Å². The predicted octanol–water partition coefficient (Wildman–Crippen LogP) is 2.54. The molecule has 2 heterocycles. The van der Waals surface area contributed by atoms with Crippen LogP contribution in [-0.4, -0.2) is 22.8 Å². The summed E-state index contributed by atoms with van der Waals surface area (Å²) in [7, 11) is 0. The van der Waals surface area contributed by atoms with Crippen LogP contribution in [0.5, 0.6) is 0 Å². The molecular formula is C15H19ClN4O2S. The number of nitrogens with one attached hydrogen (secondary N) is 2. The van der Waals surface area contributed by atoms with Crippen molar-refractivity contribution in [2.45, 2.75) is 19.9 Å². The SMILES string of the molecule is CC(C)C(NC(=O)c1cccs1)C(=O)Nc1ccc(N)nc1.Cl. The first-order valence-electron chi connectivity index (χ1n) is 6.84. The average molecular weight is 355 g/mol. The largest absolute Gasteiger partial charge is 0.384 e. The van der Waals surface area contributed by atoms with E-state index in [1.54, 1.807) is 24.3 Å². The van der Waals surface area contributed by atoms with Crippen molar-refractivity contribution in [1.82, 2.24) is 10.3 Å². The van der Waals surface area contributed by atoms with E-state index in [1.807, 2.05) is 19.2 Å². The van der Waals surface area contributed by atoms with E-state index in [-0.39, 0.29) is 30.1 Å². The number of hydrogen-bond donors (Lipinski definition) is 3. The van der Waals surface area contributed by atoms with Gasteiger partial charge in [-0.2, -0.15) is 0 Å². The highest BCUT2D eigenvalue weighted by atomic mass is 35.5. The van der Waals surface area contributed by atoms with Crippen LogP contribution >= 0.6 is 23.7 Å². The predicted molar refractivity (Wildman–Crippen MR) is 94.9 cm³/mol. The van der Waals surface area contributed by atoms with Crippen LogP contribution in [0, 0.1) is 5.92 Å². The van der Waals surface area contributed by atoms with Crippen molar-refractivity contribution in [2.24, 2.45) is 5.92 Å². The molecular weight excluding hydrogens is 336 g/mol. The summed E-state index contributed by atoms with van der Waals surface area (Å²) >= 11 is 1.33. The highest BCUT2D eigenvalue weighted by Crippen LogP contribution is 2.13. The lowest BCUT2D eigenvalue weighted by Crippen LogP contribution is -2.46. The first-order chi connectivity index (χ1) is 10.5. The van der Waals surface area contributed by atoms with E-state index in [0.717, 1.165) is 0 Å². The number of nitrogens with zero attached hydrogens (tertiary/aromatic N) is 1. The van der Waals surface area contributed by atoms with Crippen molar-refractivity contribution >= 4 is 47.1 Å². The third-order valence-corrected chi connectivity index (χ3v) is 3.90. The third-order valence-electron chi connectivity index (χ3n) is 3.03. The monoisotopic (exact) mass is 354 g/mol. The van der Waals surface area contributed by atoms with Gasteiger partial charge in [-0.15, -0.1) is 23.7 Å². The van der Waals surface area contributed by atoms with Gasteiger partial charge in [0, 0.05) is 0 Å². The van der Waals surface area contributed by atoms with Crippen molar-refractivity contribution in [2.75, 3.05) is 11.1 Å². The number of carbonyl (C=O) groups is 2. The topological polar surface area (TPSA) is 97.1 Å². The van der Waals surface area contributed by atoms with Gasteiger partial charge in [0.15, 0.2) is 0 Å². The number of carbonyl (C=O) groups excluding carboxylic acids is 2. The van der Waals surface area contributed by atoms with Gasteiger partial charge >= 0.3 is 0 Å². The molecule has 2 rings (SSSR count). The van der Waals surface area contributed by atoms with Crippen LogP contribution in [-0.2, 0) is 4.79 Å². The maximum absolute atomic E-state index is 12.4. The van der Waals surface area contributed by atoms with Crippen LogP contribution in [0.1, 0.15) is 23.5 Å². The van der Waals surface area contributed by atoms with E-state index in [4.69, 9.17) is 5.73 Å². The molecule has 0 radical (unpaired) electrons. The van der Waals surface area contributed by atoms with Gasteiger partial charge in [0.1, 0.15) is 11.9 Å². The van der Waals surface area contributed by atoms with Crippen LogP contribution in [0.2, 0.25) is 0 Å². The van der Waals surface area contributed by atoms with E-state index in [2.05, 4.69) is 15.6 Å². The van der Waals surface area contributed by atoms with Crippen LogP contribution < -0.4 is 16.4 Å². The minimum atomic E-state index is -0.632. The van der Waals surface area contributed by atoms with Crippen molar-refractivity contribution < 1.29 is 9.59 Å². The Morgan fingerprint density at radius 1 is 1.26 bits per heavy atom. The van der Waals surface area contributed by atoms with Crippen LogP contribution in [0.15, 0.2) is 35.8 Å². The van der Waals surface area contributed by atoms with Gasteiger partial charge in [0.2, 0.25) is 5.91 Å². The molecule has 8 heteroatoms. The van der Waals surface area contributed by atoms with Crippen molar-refractivity contribution in [3.63, 3.8) is 0 Å². The Kier molecular flexibility index (Phi) is 6.99. The zero-order valence-electron chi connectivity index (χ0n) is 12.8. The number of thiophene rings is 1. The second kappa shape index (κ2) is 8.50. The van der Waals surface area contributed by atoms with Gasteiger partial charge in [-0.25, -0.2) is 4.98 Å². The number of pyridine rings is 1. The molecule has 0 spiro atoms. The molecule has 0 bridgehead atoms. The summed E-state index contributed by atoms with van der Waals surface area (Å²) in [5.41, 5.74) is 6.04. The molecule has 1 atom stereocenters. The smallest absolute Gasteiger partial charge is 0.262 e. The lowest BCUT2D eigenvalue weighted by atomic mass is 10.0. The average Bonchev–Trinajstić information content (AvgIpc) is 3.00. The second-order valence-electron chi connectivity index (χ2n) is 5.13. The van der Waals surface area contributed by atoms with Crippen molar-refractivity contribution in [1.29, 1.82) is 0 Å². The summed E-state index contributed by atoms with van der Waals surface area (Å²) in [6.07, 6.45) is 1.48. The molecule has 0 aromatic carbocycles. The summed E-state index contributed by atoms with van der Waals surface area (Å²) in [6, 6.07) is 6.15. The van der Waals surface area contributed by atoms with Crippen LogP contribution in [0.4, 0.5) is 11.5 Å². The Morgan fingerprint density at radius 2 is 2.00 bits per heavy atom. The molecule has 6 nitrogen and oxygen atoms in total. The number of nitrogen functional groups attached to an aromatic ring is 1. The number of amides is 2. The summed E-state index contributed by atoms with van der Waals surface area (Å²) in [5, 5.41) is 7.32. The summed E-state index contributed by atoms with van der Waals surface area (Å²) in [4.78, 5) is 29.0. The van der Waals surface area contributed by atoms with Crippen LogP contribution in [0.3, 0.4) is 0 Å². The third kappa shape index (κ3) is 5.22. The maximum Gasteiger partial charge on any atom is 0.262 e. The Morgan fingerprint density at radius 3 is 2.52 bits per heavy atom. The number of aromatic nitrogens is 1. The highest BCUT2D eigenvalue weighted by molar-refractivity contribution is 7.12. The molecule has 0 aliphatic heterocycles. The van der Waals surface area contributed by atoms with Crippen LogP contribution in [0.25, 0.3) is 0 Å². The maximum atomic E-state index is 12.4. The lowest BCUT2D eigenvalue weighted by Gasteiger charge is -2.21. The molecule has 23 heavy (non-hydrogen) atoms. The Labute approximate surface area is 144 Å². The number of halogens is 1. The zero-order valence-corrected chi connectivity index (χ0v) is 14.4. The van der Waals surface area contributed by atoms with E-state index in [9.17, 15) is 9.59 Å². The standard InChI is InChI=1S/C15H18N4O2S.ClH/c1-9(2)13(19-14(20)11-4-3-7-22-11)15(21)18-10-5-6-12(16)17-8-10;/h3-9,13H,1-2H3,(H2,16,17)(H,18,21)(H,19,20);1H. The fourth-order valence-corrected chi connectivity index (χ4v) is 2.48. The number of anilines is 2. The van der Waals surface area contributed by atoms with Gasteiger partial charge in [-0.3, -0.25) is 9.59 Å². The summed E-state index contributed by atoms with van der Waals surface area (Å²) in [5.74, 6) is -0.208. The van der Waals surface area contributed by atoms with Gasteiger partial charge in [-0.05, 0) is 29.5 Å². The lowest BCUT2D eigenvalue weighted by molar-refractivity contribution is -0.118. The second-order valence-corrected chi connectivity index (χ2v) is 6.08. The molecule has 0 saturated carbocycles. The molecule has 2 aromatic heterocycles. The molecule has 0 aliphatic rings. The first-order valence-corrected chi connectivity index (χ1v) is 7.72. The quantitative estimate of drug-likeness (QED) is 0.768. The van der Waals surface area contributed by atoms with Gasteiger partial charge in [0.05, 0.1) is 16.8 Å². The van der Waals surface area contributed by atoms with E-state index >= 15 is 0 Å². The van der Waals surface area contributed by atoms with E-state index in [1.165, 1.54) is 17.5 Å². The molecule has 1 unspecified atom stereocenters. The molecule has 0 saturated heterocycles. The Hall–Kier alpha value is -2.12. The minimum Gasteiger partial charge on any atom is -0.384 e. The molecule has 0 aliphatic carbocycles.